The molecule has 182 valence electrons. The number of phenolic OH excluding ortho intramolecular Hbond substituents is 1. The average Bonchev–Trinajstić information content (AvgIpc) is 2.85. The topological polar surface area (TPSA) is 62.2 Å². The van der Waals surface area contributed by atoms with Gasteiger partial charge in [0.25, 0.3) is 0 Å². The SMILES string of the molecule is OCC1=C(c2ccc(F)cc2)C(c2ccc(OCCN3CC(CF)C3)cc2)Oc2cc(O)ccc21. The minimum atomic E-state index is -0.579. The van der Waals surface area contributed by atoms with Crippen molar-refractivity contribution in [1.82, 2.24) is 4.90 Å². The number of fused-ring (bicyclic) bond motifs is 1. The van der Waals surface area contributed by atoms with Gasteiger partial charge in [0.15, 0.2) is 0 Å². The molecule has 0 aromatic heterocycles. The lowest BCUT2D eigenvalue weighted by atomic mass is 9.85. The van der Waals surface area contributed by atoms with E-state index in [1.807, 2.05) is 24.3 Å². The second kappa shape index (κ2) is 10.1. The molecule has 5 rings (SSSR count). The molecule has 2 aliphatic rings. The fourth-order valence-corrected chi connectivity index (χ4v) is 4.70. The van der Waals surface area contributed by atoms with Gasteiger partial charge in [0.2, 0.25) is 0 Å². The summed E-state index contributed by atoms with van der Waals surface area (Å²) in [4.78, 5) is 2.16. The third-order valence-electron chi connectivity index (χ3n) is 6.55. The van der Waals surface area contributed by atoms with Crippen LogP contribution in [0, 0.1) is 11.7 Å². The molecule has 0 radical (unpaired) electrons. The van der Waals surface area contributed by atoms with Crippen LogP contribution in [-0.2, 0) is 0 Å². The van der Waals surface area contributed by atoms with Gasteiger partial charge < -0.3 is 19.7 Å². The number of phenols is 1. The van der Waals surface area contributed by atoms with Crippen molar-refractivity contribution in [3.8, 4) is 17.2 Å². The summed E-state index contributed by atoms with van der Waals surface area (Å²) >= 11 is 0. The van der Waals surface area contributed by atoms with Crippen molar-refractivity contribution in [3.05, 3.63) is 89.2 Å². The second-order valence-corrected chi connectivity index (χ2v) is 8.93. The Morgan fingerprint density at radius 1 is 1.00 bits per heavy atom. The summed E-state index contributed by atoms with van der Waals surface area (Å²) in [6.07, 6.45) is -0.579. The van der Waals surface area contributed by atoms with E-state index < -0.39 is 6.10 Å². The van der Waals surface area contributed by atoms with E-state index in [0.717, 1.165) is 36.3 Å². The summed E-state index contributed by atoms with van der Waals surface area (Å²) in [6, 6.07) is 18.4. The fraction of sp³-hybridized carbons (Fsp3) is 0.286. The lowest BCUT2D eigenvalue weighted by Crippen LogP contribution is -2.49. The highest BCUT2D eigenvalue weighted by Crippen LogP contribution is 2.47. The lowest BCUT2D eigenvalue weighted by molar-refractivity contribution is 0.0668. The van der Waals surface area contributed by atoms with E-state index in [0.29, 0.717) is 29.2 Å². The number of rotatable bonds is 8. The van der Waals surface area contributed by atoms with Crippen molar-refractivity contribution >= 4 is 11.1 Å². The Kier molecular flexibility index (Phi) is 6.70. The molecule has 3 aromatic carbocycles. The molecule has 1 atom stereocenters. The molecule has 2 aliphatic heterocycles. The van der Waals surface area contributed by atoms with Crippen LogP contribution in [0.2, 0.25) is 0 Å². The maximum Gasteiger partial charge on any atom is 0.150 e. The van der Waals surface area contributed by atoms with E-state index in [2.05, 4.69) is 4.90 Å². The van der Waals surface area contributed by atoms with Crippen molar-refractivity contribution in [3.63, 3.8) is 0 Å². The number of benzene rings is 3. The van der Waals surface area contributed by atoms with Gasteiger partial charge in [-0.15, -0.1) is 0 Å². The third kappa shape index (κ3) is 4.88. The minimum absolute atomic E-state index is 0.0637. The van der Waals surface area contributed by atoms with Crippen LogP contribution in [0.4, 0.5) is 8.78 Å². The van der Waals surface area contributed by atoms with Crippen LogP contribution >= 0.6 is 0 Å². The van der Waals surface area contributed by atoms with E-state index in [1.54, 1.807) is 24.3 Å². The maximum atomic E-state index is 13.6. The summed E-state index contributed by atoms with van der Waals surface area (Å²) in [6.45, 7) is 2.31. The lowest BCUT2D eigenvalue weighted by Gasteiger charge is -2.37. The molecule has 5 nitrogen and oxygen atoms in total. The Balaban J connectivity index is 1.40. The molecule has 2 heterocycles. The molecule has 0 aliphatic carbocycles. The maximum absolute atomic E-state index is 13.6. The van der Waals surface area contributed by atoms with Gasteiger partial charge >= 0.3 is 0 Å². The van der Waals surface area contributed by atoms with Gasteiger partial charge in [0.1, 0.15) is 35.8 Å². The molecule has 0 amide bonds. The highest BCUT2D eigenvalue weighted by atomic mass is 19.1. The van der Waals surface area contributed by atoms with Gasteiger partial charge in [0, 0.05) is 42.8 Å². The van der Waals surface area contributed by atoms with Gasteiger partial charge in [-0.25, -0.2) is 4.39 Å². The first-order valence-corrected chi connectivity index (χ1v) is 11.7. The molecule has 0 spiro atoms. The van der Waals surface area contributed by atoms with E-state index in [4.69, 9.17) is 9.47 Å². The van der Waals surface area contributed by atoms with E-state index in [-0.39, 0.29) is 30.8 Å². The Hall–Kier alpha value is -3.42. The summed E-state index contributed by atoms with van der Waals surface area (Å²) in [5.41, 5.74) is 3.64. The van der Waals surface area contributed by atoms with E-state index >= 15 is 0 Å². The summed E-state index contributed by atoms with van der Waals surface area (Å²) in [7, 11) is 0. The van der Waals surface area contributed by atoms with Crippen LogP contribution in [0.3, 0.4) is 0 Å². The Morgan fingerprint density at radius 3 is 2.43 bits per heavy atom. The third-order valence-corrected chi connectivity index (χ3v) is 6.55. The van der Waals surface area contributed by atoms with Crippen LogP contribution in [0.5, 0.6) is 17.2 Å². The molecule has 0 saturated carbocycles. The standard InChI is InChI=1S/C28H27F2NO4/c29-14-18-15-31(16-18)11-12-34-23-8-3-20(4-9-23)28-27(19-1-5-21(30)6-2-19)25(17-32)24-10-7-22(33)13-26(24)35-28/h1-10,13,18,28,32-33H,11-12,14-17H2. The number of likely N-dealkylation sites (tertiary alicyclic amines) is 1. The number of nitrogens with zero attached hydrogens (tertiary/aromatic N) is 1. The number of aliphatic hydroxyl groups is 1. The fourth-order valence-electron chi connectivity index (χ4n) is 4.70. The molecular weight excluding hydrogens is 452 g/mol. The van der Waals surface area contributed by atoms with Crippen LogP contribution in [0.1, 0.15) is 22.8 Å². The van der Waals surface area contributed by atoms with Crippen molar-refractivity contribution < 1.29 is 28.5 Å². The number of halogens is 2. The molecule has 2 N–H and O–H groups in total. The van der Waals surface area contributed by atoms with Crippen molar-refractivity contribution in [1.29, 1.82) is 0 Å². The van der Waals surface area contributed by atoms with Crippen molar-refractivity contribution in [2.45, 2.75) is 6.10 Å². The molecule has 1 fully saturated rings. The highest BCUT2D eigenvalue weighted by molar-refractivity contribution is 5.96. The molecule has 1 saturated heterocycles. The minimum Gasteiger partial charge on any atom is -0.508 e. The van der Waals surface area contributed by atoms with Gasteiger partial charge in [-0.2, -0.15) is 0 Å². The quantitative estimate of drug-likeness (QED) is 0.484. The zero-order chi connectivity index (χ0) is 24.4. The molecule has 35 heavy (non-hydrogen) atoms. The van der Waals surface area contributed by atoms with E-state index in [1.165, 1.54) is 18.2 Å². The monoisotopic (exact) mass is 479 g/mol. The first-order valence-electron chi connectivity index (χ1n) is 11.7. The molecule has 3 aromatic rings. The average molecular weight is 480 g/mol. The van der Waals surface area contributed by atoms with Gasteiger partial charge in [-0.05, 0) is 53.1 Å². The zero-order valence-electron chi connectivity index (χ0n) is 19.2. The molecule has 0 bridgehead atoms. The van der Waals surface area contributed by atoms with Crippen LogP contribution in [0.25, 0.3) is 11.1 Å². The van der Waals surface area contributed by atoms with Gasteiger partial charge in [-0.1, -0.05) is 24.3 Å². The summed E-state index contributed by atoms with van der Waals surface area (Å²) in [5, 5.41) is 20.3. The molecule has 1 unspecified atom stereocenters. The highest BCUT2D eigenvalue weighted by Gasteiger charge is 2.31. The predicted octanol–water partition coefficient (Wildman–Crippen LogP) is 4.85. The number of ether oxygens (including phenoxy) is 2. The predicted molar refractivity (Wildman–Crippen MR) is 130 cm³/mol. The normalized spacial score (nSPS) is 18.1. The largest absolute Gasteiger partial charge is 0.508 e. The second-order valence-electron chi connectivity index (χ2n) is 8.93. The number of aromatic hydroxyl groups is 1. The van der Waals surface area contributed by atoms with E-state index in [9.17, 15) is 19.0 Å². The Bertz CT molecular complexity index is 1200. The number of aliphatic hydroxyl groups excluding tert-OH is 1. The summed E-state index contributed by atoms with van der Waals surface area (Å²) in [5.74, 6) is 1.04. The van der Waals surface area contributed by atoms with Gasteiger partial charge in [0.05, 0.1) is 13.3 Å². The Labute approximate surface area is 202 Å². The number of alkyl halides is 1. The van der Waals surface area contributed by atoms with Crippen LogP contribution in [0.15, 0.2) is 66.7 Å². The molecular formula is C28H27F2NO4. The van der Waals surface area contributed by atoms with Gasteiger partial charge in [-0.3, -0.25) is 9.29 Å². The molecule has 7 heteroatoms. The first kappa shape index (κ1) is 23.3. The van der Waals surface area contributed by atoms with Crippen molar-refractivity contribution in [2.75, 3.05) is 39.5 Å². The first-order chi connectivity index (χ1) is 17.1. The number of hydrogen-bond donors (Lipinski definition) is 2. The number of hydrogen-bond acceptors (Lipinski definition) is 5. The van der Waals surface area contributed by atoms with Crippen molar-refractivity contribution in [2.24, 2.45) is 5.92 Å². The van der Waals surface area contributed by atoms with Crippen LogP contribution < -0.4 is 9.47 Å². The van der Waals surface area contributed by atoms with Crippen LogP contribution in [-0.4, -0.2) is 54.6 Å². The smallest absolute Gasteiger partial charge is 0.150 e. The zero-order valence-corrected chi connectivity index (χ0v) is 19.2. The summed E-state index contributed by atoms with van der Waals surface area (Å²) < 4.78 is 38.4. The Morgan fingerprint density at radius 2 is 1.74 bits per heavy atom.